The van der Waals surface area contributed by atoms with Gasteiger partial charge in [-0.3, -0.25) is 9.48 Å². The maximum atomic E-state index is 12.5. The Balaban J connectivity index is 1.67. The highest BCUT2D eigenvalue weighted by atomic mass is 32.1. The van der Waals surface area contributed by atoms with Crippen LogP contribution >= 0.6 is 11.3 Å². The topological polar surface area (TPSA) is 63.9 Å². The maximum Gasteiger partial charge on any atom is 0.225 e. The molecule has 3 heterocycles. The van der Waals surface area contributed by atoms with Gasteiger partial charge in [0, 0.05) is 24.0 Å². The fourth-order valence-electron chi connectivity index (χ4n) is 2.71. The summed E-state index contributed by atoms with van der Waals surface area (Å²) in [5.41, 5.74) is 1.04. The molecule has 0 unspecified atom stereocenters. The molecule has 0 bridgehead atoms. The molecule has 3 rings (SSSR count). The highest BCUT2D eigenvalue weighted by molar-refractivity contribution is 7.09. The SMILES string of the molecule is Cc1csc([C@@H]2CCCCN2C(=O)CCn2cncn2)n1. The van der Waals surface area contributed by atoms with Gasteiger partial charge < -0.3 is 4.90 Å². The molecule has 21 heavy (non-hydrogen) atoms. The van der Waals surface area contributed by atoms with Crippen molar-refractivity contribution in [1.82, 2.24) is 24.6 Å². The van der Waals surface area contributed by atoms with E-state index in [0.717, 1.165) is 36.5 Å². The van der Waals surface area contributed by atoms with Crippen LogP contribution in [0.15, 0.2) is 18.0 Å². The molecular weight excluding hydrogens is 286 g/mol. The van der Waals surface area contributed by atoms with Gasteiger partial charge in [0.2, 0.25) is 5.91 Å². The van der Waals surface area contributed by atoms with Crippen LogP contribution < -0.4 is 0 Å². The van der Waals surface area contributed by atoms with Crippen molar-refractivity contribution < 1.29 is 4.79 Å². The second-order valence-electron chi connectivity index (χ2n) is 5.33. The van der Waals surface area contributed by atoms with Crippen molar-refractivity contribution in [3.05, 3.63) is 28.7 Å². The Morgan fingerprint density at radius 3 is 3.10 bits per heavy atom. The monoisotopic (exact) mass is 305 g/mol. The largest absolute Gasteiger partial charge is 0.333 e. The number of carbonyl (C=O) groups is 1. The van der Waals surface area contributed by atoms with E-state index in [9.17, 15) is 4.79 Å². The number of hydrogen-bond acceptors (Lipinski definition) is 5. The molecule has 112 valence electrons. The maximum absolute atomic E-state index is 12.5. The molecule has 0 N–H and O–H groups in total. The van der Waals surface area contributed by atoms with Crippen molar-refractivity contribution >= 4 is 17.2 Å². The van der Waals surface area contributed by atoms with E-state index in [1.165, 1.54) is 6.33 Å². The normalized spacial score (nSPS) is 18.9. The zero-order valence-corrected chi connectivity index (χ0v) is 12.9. The quantitative estimate of drug-likeness (QED) is 0.868. The van der Waals surface area contributed by atoms with Gasteiger partial charge in [0.25, 0.3) is 0 Å². The first-order chi connectivity index (χ1) is 10.2. The Hall–Kier alpha value is -1.76. The predicted octanol–water partition coefficient (Wildman–Crippen LogP) is 2.19. The molecule has 2 aromatic rings. The number of rotatable bonds is 4. The van der Waals surface area contributed by atoms with Crippen LogP contribution in [0.5, 0.6) is 0 Å². The van der Waals surface area contributed by atoms with E-state index in [1.54, 1.807) is 22.3 Å². The number of piperidine rings is 1. The van der Waals surface area contributed by atoms with Gasteiger partial charge in [0.1, 0.15) is 17.7 Å². The highest BCUT2D eigenvalue weighted by Crippen LogP contribution is 2.33. The zero-order chi connectivity index (χ0) is 14.7. The van der Waals surface area contributed by atoms with E-state index >= 15 is 0 Å². The Morgan fingerprint density at radius 1 is 1.48 bits per heavy atom. The van der Waals surface area contributed by atoms with Gasteiger partial charge in [-0.2, -0.15) is 5.10 Å². The van der Waals surface area contributed by atoms with E-state index in [1.807, 2.05) is 11.8 Å². The summed E-state index contributed by atoms with van der Waals surface area (Å²) in [6.07, 6.45) is 6.86. The Kier molecular flexibility index (Phi) is 4.28. The molecule has 1 amide bonds. The Bertz CT molecular complexity index is 594. The summed E-state index contributed by atoms with van der Waals surface area (Å²) in [6, 6.07) is 0.153. The fourth-order valence-corrected chi connectivity index (χ4v) is 3.66. The van der Waals surface area contributed by atoms with E-state index in [2.05, 4.69) is 20.4 Å². The number of hydrogen-bond donors (Lipinski definition) is 0. The van der Waals surface area contributed by atoms with Crippen molar-refractivity contribution in [3.63, 3.8) is 0 Å². The summed E-state index contributed by atoms with van der Waals surface area (Å²) in [7, 11) is 0. The van der Waals surface area contributed by atoms with Gasteiger partial charge in [-0.25, -0.2) is 9.97 Å². The Morgan fingerprint density at radius 2 is 2.38 bits per heavy atom. The summed E-state index contributed by atoms with van der Waals surface area (Å²) in [5, 5.41) is 7.17. The van der Waals surface area contributed by atoms with Crippen LogP contribution in [0.25, 0.3) is 0 Å². The lowest BCUT2D eigenvalue weighted by molar-refractivity contribution is -0.135. The van der Waals surface area contributed by atoms with Crippen LogP contribution in [0.2, 0.25) is 0 Å². The summed E-state index contributed by atoms with van der Waals surface area (Å²) in [6.45, 7) is 3.41. The number of thiazole rings is 1. The smallest absolute Gasteiger partial charge is 0.225 e. The lowest BCUT2D eigenvalue weighted by Gasteiger charge is -2.34. The average molecular weight is 305 g/mol. The molecule has 1 atom stereocenters. The van der Waals surface area contributed by atoms with Gasteiger partial charge in [0.05, 0.1) is 12.6 Å². The van der Waals surface area contributed by atoms with Crippen molar-refractivity contribution in [2.75, 3.05) is 6.54 Å². The average Bonchev–Trinajstić information content (AvgIpc) is 3.16. The second-order valence-corrected chi connectivity index (χ2v) is 6.22. The summed E-state index contributed by atoms with van der Waals surface area (Å²) >= 11 is 1.66. The number of nitrogens with zero attached hydrogens (tertiary/aromatic N) is 5. The van der Waals surface area contributed by atoms with Crippen LogP contribution in [-0.4, -0.2) is 37.1 Å². The number of carbonyl (C=O) groups excluding carboxylic acids is 1. The standard InChI is InChI=1S/C14H19N5OS/c1-11-8-21-14(17-11)12-4-2-3-6-19(12)13(20)5-7-18-10-15-9-16-18/h8-10,12H,2-7H2,1H3/t12-/m0/s1. The fraction of sp³-hybridized carbons (Fsp3) is 0.571. The molecule has 1 saturated heterocycles. The molecule has 1 fully saturated rings. The molecule has 6 nitrogen and oxygen atoms in total. The lowest BCUT2D eigenvalue weighted by atomic mass is 10.0. The first-order valence-electron chi connectivity index (χ1n) is 7.28. The number of likely N-dealkylation sites (tertiary alicyclic amines) is 1. The minimum Gasteiger partial charge on any atom is -0.333 e. The van der Waals surface area contributed by atoms with Crippen LogP contribution in [0.3, 0.4) is 0 Å². The van der Waals surface area contributed by atoms with E-state index in [4.69, 9.17) is 0 Å². The van der Waals surface area contributed by atoms with E-state index in [-0.39, 0.29) is 11.9 Å². The van der Waals surface area contributed by atoms with Crippen molar-refractivity contribution in [1.29, 1.82) is 0 Å². The minimum absolute atomic E-state index is 0.153. The Labute approximate surface area is 127 Å². The molecule has 0 spiro atoms. The molecule has 1 aliphatic rings. The summed E-state index contributed by atoms with van der Waals surface area (Å²) < 4.78 is 1.70. The molecule has 1 aliphatic heterocycles. The van der Waals surface area contributed by atoms with Gasteiger partial charge in [-0.05, 0) is 26.2 Å². The van der Waals surface area contributed by atoms with Crippen LogP contribution in [-0.2, 0) is 11.3 Å². The van der Waals surface area contributed by atoms with Crippen LogP contribution in [0.4, 0.5) is 0 Å². The first kappa shape index (κ1) is 14.2. The molecule has 0 radical (unpaired) electrons. The second kappa shape index (κ2) is 6.34. The number of aryl methyl sites for hydroxylation is 2. The third-order valence-corrected chi connectivity index (χ3v) is 4.83. The molecule has 0 aliphatic carbocycles. The first-order valence-corrected chi connectivity index (χ1v) is 8.16. The van der Waals surface area contributed by atoms with E-state index < -0.39 is 0 Å². The van der Waals surface area contributed by atoms with Gasteiger partial charge >= 0.3 is 0 Å². The summed E-state index contributed by atoms with van der Waals surface area (Å²) in [5.74, 6) is 0.183. The van der Waals surface area contributed by atoms with Crippen molar-refractivity contribution in [2.24, 2.45) is 0 Å². The van der Waals surface area contributed by atoms with Crippen LogP contribution in [0.1, 0.15) is 42.4 Å². The third kappa shape index (κ3) is 3.29. The molecule has 0 aromatic carbocycles. The number of amides is 1. The van der Waals surface area contributed by atoms with Gasteiger partial charge in [-0.15, -0.1) is 11.3 Å². The lowest BCUT2D eigenvalue weighted by Crippen LogP contribution is -2.38. The third-order valence-electron chi connectivity index (χ3n) is 3.77. The number of aromatic nitrogens is 4. The predicted molar refractivity (Wildman–Crippen MR) is 79.8 cm³/mol. The van der Waals surface area contributed by atoms with E-state index in [0.29, 0.717) is 13.0 Å². The van der Waals surface area contributed by atoms with Crippen molar-refractivity contribution in [3.8, 4) is 0 Å². The van der Waals surface area contributed by atoms with Gasteiger partial charge in [-0.1, -0.05) is 0 Å². The highest BCUT2D eigenvalue weighted by Gasteiger charge is 2.29. The minimum atomic E-state index is 0.153. The van der Waals surface area contributed by atoms with Gasteiger partial charge in [0.15, 0.2) is 0 Å². The molecule has 0 saturated carbocycles. The molecule has 7 heteroatoms. The van der Waals surface area contributed by atoms with Crippen LogP contribution in [0, 0.1) is 6.92 Å². The molecule has 2 aromatic heterocycles. The molecular formula is C14H19N5OS. The summed E-state index contributed by atoms with van der Waals surface area (Å²) in [4.78, 5) is 23.0. The zero-order valence-electron chi connectivity index (χ0n) is 12.1. The van der Waals surface area contributed by atoms with Crippen molar-refractivity contribution in [2.45, 2.75) is 45.2 Å².